The Labute approximate surface area is 138 Å². The van der Waals surface area contributed by atoms with Crippen LogP contribution in [0.2, 0.25) is 10.0 Å². The van der Waals surface area contributed by atoms with E-state index in [9.17, 15) is 4.79 Å². The number of methoxy groups -OCH3 is 1. The van der Waals surface area contributed by atoms with Crippen molar-refractivity contribution in [1.82, 2.24) is 4.98 Å². The quantitative estimate of drug-likeness (QED) is 0.815. The number of benzene rings is 1. The van der Waals surface area contributed by atoms with Crippen molar-refractivity contribution in [3.8, 4) is 0 Å². The molecular formula is C16H14Cl2N2O2. The molecule has 114 valence electrons. The lowest BCUT2D eigenvalue weighted by atomic mass is 10.1. The predicted octanol–water partition coefficient (Wildman–Crippen LogP) is 4.80. The number of pyridine rings is 1. The van der Waals surface area contributed by atoms with Crippen LogP contribution in [-0.2, 0) is 4.74 Å². The van der Waals surface area contributed by atoms with Gasteiger partial charge in [0.1, 0.15) is 5.82 Å². The highest BCUT2D eigenvalue weighted by molar-refractivity contribution is 6.36. The molecule has 4 nitrogen and oxygen atoms in total. The summed E-state index contributed by atoms with van der Waals surface area (Å²) < 4.78 is 4.72. The molecule has 1 fully saturated rings. The maximum atomic E-state index is 11.7. The van der Waals surface area contributed by atoms with E-state index in [0.29, 0.717) is 27.5 Å². The van der Waals surface area contributed by atoms with E-state index in [1.807, 2.05) is 6.07 Å². The van der Waals surface area contributed by atoms with E-state index in [0.717, 1.165) is 18.4 Å². The molecular weight excluding hydrogens is 323 g/mol. The van der Waals surface area contributed by atoms with Crippen LogP contribution in [0.1, 0.15) is 34.8 Å². The van der Waals surface area contributed by atoms with Gasteiger partial charge in [0.2, 0.25) is 0 Å². The van der Waals surface area contributed by atoms with Gasteiger partial charge in [0, 0.05) is 5.02 Å². The zero-order chi connectivity index (χ0) is 15.7. The summed E-state index contributed by atoms with van der Waals surface area (Å²) >= 11 is 12.1. The Hall–Kier alpha value is -1.78. The zero-order valence-corrected chi connectivity index (χ0v) is 13.4. The molecule has 0 radical (unpaired) electrons. The molecule has 1 aromatic heterocycles. The van der Waals surface area contributed by atoms with Crippen LogP contribution in [0.3, 0.4) is 0 Å². The lowest BCUT2D eigenvalue weighted by Gasteiger charge is -2.13. The average Bonchev–Trinajstić information content (AvgIpc) is 3.34. The van der Waals surface area contributed by atoms with Gasteiger partial charge in [0.15, 0.2) is 5.69 Å². The first kappa shape index (κ1) is 15.1. The number of esters is 1. The third-order valence-corrected chi connectivity index (χ3v) is 4.07. The van der Waals surface area contributed by atoms with Gasteiger partial charge in [-0.2, -0.15) is 0 Å². The van der Waals surface area contributed by atoms with Crippen LogP contribution >= 0.6 is 23.2 Å². The number of ether oxygens (including phenoxy) is 1. The van der Waals surface area contributed by atoms with Gasteiger partial charge in [0.05, 0.1) is 17.8 Å². The van der Waals surface area contributed by atoms with E-state index in [-0.39, 0.29) is 5.69 Å². The van der Waals surface area contributed by atoms with Gasteiger partial charge < -0.3 is 10.1 Å². The van der Waals surface area contributed by atoms with Gasteiger partial charge in [0.25, 0.3) is 0 Å². The molecule has 22 heavy (non-hydrogen) atoms. The highest BCUT2D eigenvalue weighted by Crippen LogP contribution is 2.44. The number of nitrogens with one attached hydrogen (secondary N) is 1. The number of aromatic nitrogens is 1. The van der Waals surface area contributed by atoms with Crippen LogP contribution in [0.5, 0.6) is 0 Å². The molecule has 0 saturated heterocycles. The molecule has 2 aromatic rings. The minimum Gasteiger partial charge on any atom is -0.464 e. The summed E-state index contributed by atoms with van der Waals surface area (Å²) in [7, 11) is 1.34. The molecule has 1 heterocycles. The molecule has 3 rings (SSSR count). The zero-order valence-electron chi connectivity index (χ0n) is 11.9. The van der Waals surface area contributed by atoms with E-state index in [4.69, 9.17) is 27.9 Å². The van der Waals surface area contributed by atoms with Crippen molar-refractivity contribution in [3.05, 3.63) is 51.6 Å². The molecule has 0 unspecified atom stereocenters. The molecule has 1 aliphatic carbocycles. The highest BCUT2D eigenvalue weighted by atomic mass is 35.5. The second-order valence-corrected chi connectivity index (χ2v) is 5.99. The van der Waals surface area contributed by atoms with Crippen LogP contribution in [0.4, 0.5) is 11.5 Å². The number of nitrogens with zero attached hydrogens (tertiary/aromatic N) is 1. The molecule has 0 atom stereocenters. The van der Waals surface area contributed by atoms with Gasteiger partial charge in [-0.15, -0.1) is 0 Å². The number of hydrogen-bond donors (Lipinski definition) is 1. The fraction of sp³-hybridized carbons (Fsp3) is 0.250. The topological polar surface area (TPSA) is 51.2 Å². The Morgan fingerprint density at radius 1 is 1.27 bits per heavy atom. The Bertz CT molecular complexity index is 730. The number of rotatable bonds is 4. The summed E-state index contributed by atoms with van der Waals surface area (Å²) in [5, 5.41) is 4.26. The maximum absolute atomic E-state index is 11.7. The summed E-state index contributed by atoms with van der Waals surface area (Å²) in [6.45, 7) is 0. The second kappa shape index (κ2) is 6.15. The number of carbonyl (C=O) groups excluding carboxylic acids is 1. The van der Waals surface area contributed by atoms with E-state index < -0.39 is 5.97 Å². The van der Waals surface area contributed by atoms with Crippen molar-refractivity contribution < 1.29 is 9.53 Å². The first-order valence-electron chi connectivity index (χ1n) is 6.90. The molecule has 1 aromatic carbocycles. The Balaban J connectivity index is 1.97. The first-order chi connectivity index (χ1) is 10.6. The predicted molar refractivity (Wildman–Crippen MR) is 87.3 cm³/mol. The lowest BCUT2D eigenvalue weighted by Crippen LogP contribution is -2.08. The molecule has 1 aliphatic rings. The number of hydrogen-bond acceptors (Lipinski definition) is 4. The fourth-order valence-corrected chi connectivity index (χ4v) is 2.69. The standard InChI is InChI=1S/C16H14Cl2N2O2/c1-22-16(21)14-7-5-11(9-2-3-9)15(20-14)19-13-6-4-10(17)8-12(13)18/h4-9H,2-3H2,1H3,(H,19,20). The molecule has 0 spiro atoms. The monoisotopic (exact) mass is 336 g/mol. The molecule has 0 aliphatic heterocycles. The van der Waals surface area contributed by atoms with Crippen molar-refractivity contribution in [3.63, 3.8) is 0 Å². The lowest BCUT2D eigenvalue weighted by molar-refractivity contribution is 0.0594. The van der Waals surface area contributed by atoms with E-state index >= 15 is 0 Å². The SMILES string of the molecule is COC(=O)c1ccc(C2CC2)c(Nc2ccc(Cl)cc2Cl)n1. The van der Waals surface area contributed by atoms with Crippen molar-refractivity contribution in [1.29, 1.82) is 0 Å². The van der Waals surface area contributed by atoms with Crippen LogP contribution in [0, 0.1) is 0 Å². The minimum atomic E-state index is -0.465. The Kier molecular flexibility index (Phi) is 4.23. The number of halogens is 2. The number of carbonyl (C=O) groups is 1. The molecule has 0 amide bonds. The van der Waals surface area contributed by atoms with Crippen LogP contribution < -0.4 is 5.32 Å². The van der Waals surface area contributed by atoms with Gasteiger partial charge in [-0.1, -0.05) is 29.3 Å². The van der Waals surface area contributed by atoms with E-state index in [2.05, 4.69) is 10.3 Å². The van der Waals surface area contributed by atoms with Crippen molar-refractivity contribution in [2.45, 2.75) is 18.8 Å². The molecule has 6 heteroatoms. The van der Waals surface area contributed by atoms with Crippen LogP contribution in [0.15, 0.2) is 30.3 Å². The van der Waals surface area contributed by atoms with Crippen molar-refractivity contribution in [2.24, 2.45) is 0 Å². The summed E-state index contributed by atoms with van der Waals surface area (Å²) in [5.74, 6) is 0.648. The van der Waals surface area contributed by atoms with Crippen LogP contribution in [0.25, 0.3) is 0 Å². The van der Waals surface area contributed by atoms with Crippen molar-refractivity contribution in [2.75, 3.05) is 12.4 Å². The molecule has 1 saturated carbocycles. The minimum absolute atomic E-state index is 0.263. The van der Waals surface area contributed by atoms with Gasteiger partial charge >= 0.3 is 5.97 Å². The van der Waals surface area contributed by atoms with Crippen molar-refractivity contribution >= 4 is 40.7 Å². The maximum Gasteiger partial charge on any atom is 0.356 e. The normalized spacial score (nSPS) is 13.8. The van der Waals surface area contributed by atoms with E-state index in [1.165, 1.54) is 7.11 Å². The average molecular weight is 337 g/mol. The fourth-order valence-electron chi connectivity index (χ4n) is 2.23. The summed E-state index contributed by atoms with van der Waals surface area (Å²) in [4.78, 5) is 16.1. The largest absolute Gasteiger partial charge is 0.464 e. The summed E-state index contributed by atoms with van der Waals surface area (Å²) in [5.41, 5.74) is 2.04. The molecule has 0 bridgehead atoms. The van der Waals surface area contributed by atoms with E-state index in [1.54, 1.807) is 24.3 Å². The van der Waals surface area contributed by atoms with Crippen LogP contribution in [-0.4, -0.2) is 18.1 Å². The van der Waals surface area contributed by atoms with Gasteiger partial charge in [-0.3, -0.25) is 0 Å². The Morgan fingerprint density at radius 2 is 2.05 bits per heavy atom. The summed E-state index contributed by atoms with van der Waals surface area (Å²) in [6.07, 6.45) is 2.25. The molecule has 1 N–H and O–H groups in total. The summed E-state index contributed by atoms with van der Waals surface area (Å²) in [6, 6.07) is 8.80. The van der Waals surface area contributed by atoms with Gasteiger partial charge in [-0.05, 0) is 48.6 Å². The third kappa shape index (κ3) is 3.18. The van der Waals surface area contributed by atoms with Gasteiger partial charge in [-0.25, -0.2) is 9.78 Å². The Morgan fingerprint density at radius 3 is 2.68 bits per heavy atom. The smallest absolute Gasteiger partial charge is 0.356 e. The highest BCUT2D eigenvalue weighted by Gasteiger charge is 2.28. The first-order valence-corrected chi connectivity index (χ1v) is 7.65. The number of anilines is 2. The second-order valence-electron chi connectivity index (χ2n) is 5.15. The third-order valence-electron chi connectivity index (χ3n) is 3.52.